The predicted octanol–water partition coefficient (Wildman–Crippen LogP) is 11.8. The quantitative estimate of drug-likeness (QED) is 0.0981. The summed E-state index contributed by atoms with van der Waals surface area (Å²) in [6, 6.07) is 42.2. The molecule has 0 spiro atoms. The molecule has 4 aromatic heterocycles. The van der Waals surface area contributed by atoms with E-state index >= 15 is 0 Å². The van der Waals surface area contributed by atoms with Gasteiger partial charge in [-0.3, -0.25) is 4.99 Å². The highest BCUT2D eigenvalue weighted by atomic mass is 14.8. The molecule has 0 radical (unpaired) electrons. The fraction of sp³-hybridized carbons (Fsp3) is 0.133. The number of aryl methyl sites for hydroxylation is 1. The van der Waals surface area contributed by atoms with E-state index in [0.29, 0.717) is 0 Å². The van der Waals surface area contributed by atoms with Gasteiger partial charge in [0.15, 0.2) is 0 Å². The Morgan fingerprint density at radius 2 is 1.36 bits per heavy atom. The smallest absolute Gasteiger partial charge is 0.0978 e. The van der Waals surface area contributed by atoms with Crippen LogP contribution in [0.1, 0.15) is 44.9 Å². The van der Waals surface area contributed by atoms with Crippen molar-refractivity contribution in [3.05, 3.63) is 138 Å². The van der Waals surface area contributed by atoms with E-state index in [1.54, 1.807) is 0 Å². The molecule has 0 aliphatic rings. The van der Waals surface area contributed by atoms with Gasteiger partial charge in [-0.05, 0) is 80.3 Å². The summed E-state index contributed by atoms with van der Waals surface area (Å²) in [4.78, 5) is 25.3. The van der Waals surface area contributed by atoms with Crippen molar-refractivity contribution in [3.63, 3.8) is 0 Å². The van der Waals surface area contributed by atoms with E-state index in [1.807, 2.05) is 19.2 Å². The zero-order valence-corrected chi connectivity index (χ0v) is 28.8. The number of aromatic nitrogens is 4. The van der Waals surface area contributed by atoms with Gasteiger partial charge in [0, 0.05) is 38.9 Å². The van der Waals surface area contributed by atoms with Crippen molar-refractivity contribution < 1.29 is 0 Å². The first-order valence-corrected chi connectivity index (χ1v) is 17.3. The second kappa shape index (κ2) is 13.1. The summed E-state index contributed by atoms with van der Waals surface area (Å²) in [5.74, 6) is 0. The van der Waals surface area contributed by atoms with Gasteiger partial charge >= 0.3 is 0 Å². The van der Waals surface area contributed by atoms with Gasteiger partial charge in [-0.2, -0.15) is 0 Å². The summed E-state index contributed by atoms with van der Waals surface area (Å²) in [5, 5.41) is 4.31. The average molecular weight is 648 g/mol. The standard InChI is InChI=1S/C45H37N5/c1-5-12-28(3)42(46-6-2)43-29(4)17-23-37(48-43)33-20-24-36-32(27-33)21-26-39(47-36)40-25-19-31-18-22-35-41(30-13-8-7-9-14-30)34-15-10-11-16-38(34)49-45(35)44(31)50-40/h6-11,13-27H,5,12H2,1-4H3/b42-28+,46-6-. The van der Waals surface area contributed by atoms with Gasteiger partial charge in [0.2, 0.25) is 0 Å². The van der Waals surface area contributed by atoms with E-state index in [9.17, 15) is 0 Å². The van der Waals surface area contributed by atoms with Crippen LogP contribution < -0.4 is 0 Å². The van der Waals surface area contributed by atoms with Crippen LogP contribution in [0.15, 0.2) is 132 Å². The monoisotopic (exact) mass is 647 g/mol. The lowest BCUT2D eigenvalue weighted by atomic mass is 9.95. The Kier molecular flexibility index (Phi) is 8.17. The van der Waals surface area contributed by atoms with Gasteiger partial charge in [0.1, 0.15) is 0 Å². The zero-order valence-electron chi connectivity index (χ0n) is 28.8. The molecule has 0 unspecified atom stereocenters. The molecule has 0 bridgehead atoms. The summed E-state index contributed by atoms with van der Waals surface area (Å²) in [6.07, 6.45) is 3.92. The Bertz CT molecular complexity index is 2640. The Balaban J connectivity index is 1.21. The third-order valence-electron chi connectivity index (χ3n) is 9.43. The number of aliphatic imine (C=N–C) groups is 1. The molecule has 8 aromatic rings. The van der Waals surface area contributed by atoms with Gasteiger partial charge < -0.3 is 0 Å². The molecule has 0 aliphatic heterocycles. The molecule has 50 heavy (non-hydrogen) atoms. The van der Waals surface area contributed by atoms with E-state index < -0.39 is 0 Å². The molecule has 4 aromatic carbocycles. The van der Waals surface area contributed by atoms with Crippen LogP contribution in [0, 0.1) is 6.92 Å². The number of allylic oxidation sites excluding steroid dienone is 1. The number of nitrogens with zero attached hydrogens (tertiary/aromatic N) is 5. The molecule has 0 amide bonds. The number of pyridine rings is 4. The lowest BCUT2D eigenvalue weighted by Crippen LogP contribution is -1.98. The molecule has 5 nitrogen and oxygen atoms in total. The van der Waals surface area contributed by atoms with Gasteiger partial charge in [-0.1, -0.05) is 98.3 Å². The van der Waals surface area contributed by atoms with E-state index in [1.165, 1.54) is 11.1 Å². The molecule has 0 saturated heterocycles. The normalized spacial score (nSPS) is 12.4. The van der Waals surface area contributed by atoms with Crippen LogP contribution in [0.3, 0.4) is 0 Å². The number of para-hydroxylation sites is 1. The fourth-order valence-electron chi connectivity index (χ4n) is 6.95. The summed E-state index contributed by atoms with van der Waals surface area (Å²) in [6.45, 7) is 8.41. The van der Waals surface area contributed by atoms with Gasteiger partial charge in [-0.25, -0.2) is 19.9 Å². The predicted molar refractivity (Wildman–Crippen MR) is 210 cm³/mol. The molecule has 0 saturated carbocycles. The van der Waals surface area contributed by atoms with E-state index in [2.05, 4.69) is 136 Å². The van der Waals surface area contributed by atoms with Crippen molar-refractivity contribution in [2.45, 2.75) is 40.5 Å². The summed E-state index contributed by atoms with van der Waals surface area (Å²) in [7, 11) is 0. The van der Waals surface area contributed by atoms with Crippen molar-refractivity contribution in [1.82, 2.24) is 19.9 Å². The maximum atomic E-state index is 5.21. The van der Waals surface area contributed by atoms with Crippen molar-refractivity contribution in [3.8, 4) is 33.8 Å². The Morgan fingerprint density at radius 3 is 2.18 bits per heavy atom. The molecule has 0 fully saturated rings. The first kappa shape index (κ1) is 31.2. The zero-order chi connectivity index (χ0) is 34.2. The lowest BCUT2D eigenvalue weighted by molar-refractivity contribution is 0.903. The van der Waals surface area contributed by atoms with Gasteiger partial charge in [0.25, 0.3) is 0 Å². The van der Waals surface area contributed by atoms with Crippen LogP contribution in [0.5, 0.6) is 0 Å². The topological polar surface area (TPSA) is 63.9 Å². The van der Waals surface area contributed by atoms with Crippen LogP contribution in [-0.2, 0) is 0 Å². The highest BCUT2D eigenvalue weighted by Gasteiger charge is 2.16. The summed E-state index contributed by atoms with van der Waals surface area (Å²) in [5.41, 5.74) is 13.8. The van der Waals surface area contributed by atoms with Crippen LogP contribution in [-0.4, -0.2) is 26.2 Å². The van der Waals surface area contributed by atoms with Crippen LogP contribution in [0.2, 0.25) is 0 Å². The second-order valence-corrected chi connectivity index (χ2v) is 12.8. The molecule has 5 heteroatoms. The SMILES string of the molecule is C/C=N\C(=C(/C)CCC)c1nc(-c2ccc3nc(-c4ccc5ccc6c(-c7ccccc7)c7ccccc7nc6c5n4)ccc3c2)ccc1C. The van der Waals surface area contributed by atoms with Crippen molar-refractivity contribution in [2.75, 3.05) is 0 Å². The fourth-order valence-corrected chi connectivity index (χ4v) is 6.95. The highest BCUT2D eigenvalue weighted by Crippen LogP contribution is 2.38. The Morgan fingerprint density at radius 1 is 0.620 bits per heavy atom. The molecule has 4 heterocycles. The van der Waals surface area contributed by atoms with E-state index in [4.69, 9.17) is 24.9 Å². The molecule has 0 aliphatic carbocycles. The first-order valence-electron chi connectivity index (χ1n) is 17.3. The molecule has 8 rings (SSSR count). The number of hydrogen-bond acceptors (Lipinski definition) is 5. The molecule has 242 valence electrons. The minimum Gasteiger partial charge on any atom is -0.259 e. The average Bonchev–Trinajstić information content (AvgIpc) is 3.16. The Labute approximate surface area is 292 Å². The van der Waals surface area contributed by atoms with Gasteiger partial charge in [0.05, 0.1) is 50.5 Å². The number of hydrogen-bond donors (Lipinski definition) is 0. The molecular weight excluding hydrogens is 611 g/mol. The largest absolute Gasteiger partial charge is 0.259 e. The third kappa shape index (κ3) is 5.61. The molecule has 0 atom stereocenters. The number of benzene rings is 4. The minimum atomic E-state index is 0.815. The van der Waals surface area contributed by atoms with Gasteiger partial charge in [-0.15, -0.1) is 0 Å². The van der Waals surface area contributed by atoms with Crippen molar-refractivity contribution in [1.29, 1.82) is 0 Å². The van der Waals surface area contributed by atoms with E-state index in [0.717, 1.165) is 102 Å². The lowest BCUT2D eigenvalue weighted by Gasteiger charge is -2.13. The molecule has 0 N–H and O–H groups in total. The van der Waals surface area contributed by atoms with Crippen LogP contribution >= 0.6 is 0 Å². The van der Waals surface area contributed by atoms with Crippen molar-refractivity contribution in [2.24, 2.45) is 4.99 Å². The maximum absolute atomic E-state index is 5.21. The van der Waals surface area contributed by atoms with Crippen LogP contribution in [0.4, 0.5) is 0 Å². The Hall–Kier alpha value is -6.07. The number of fused-ring (bicyclic) bond motifs is 5. The summed E-state index contributed by atoms with van der Waals surface area (Å²) < 4.78 is 0. The molecular formula is C45H37N5. The third-order valence-corrected chi connectivity index (χ3v) is 9.43. The van der Waals surface area contributed by atoms with E-state index in [-0.39, 0.29) is 0 Å². The maximum Gasteiger partial charge on any atom is 0.0978 e. The first-order chi connectivity index (χ1) is 24.5. The minimum absolute atomic E-state index is 0.815. The highest BCUT2D eigenvalue weighted by molar-refractivity contribution is 6.16. The summed E-state index contributed by atoms with van der Waals surface area (Å²) >= 11 is 0. The van der Waals surface area contributed by atoms with Crippen LogP contribution in [0.25, 0.3) is 83.1 Å². The number of rotatable bonds is 7. The van der Waals surface area contributed by atoms with Crippen molar-refractivity contribution >= 4 is 55.5 Å². The second-order valence-electron chi connectivity index (χ2n) is 12.8.